The van der Waals surface area contributed by atoms with Gasteiger partial charge in [0.2, 0.25) is 0 Å². The monoisotopic (exact) mass is 357 g/mol. The second-order valence-electron chi connectivity index (χ2n) is 7.12. The summed E-state index contributed by atoms with van der Waals surface area (Å²) >= 11 is 12.8. The Balaban J connectivity index is 1.76. The molecule has 1 heterocycles. The summed E-state index contributed by atoms with van der Waals surface area (Å²) in [6.07, 6.45) is 5.71. The lowest BCUT2D eigenvalue weighted by Crippen LogP contribution is -2.29. The Bertz CT molecular complexity index is 792. The van der Waals surface area contributed by atoms with Crippen molar-refractivity contribution in [1.29, 1.82) is 0 Å². The molecule has 1 aliphatic carbocycles. The van der Waals surface area contributed by atoms with Crippen LogP contribution in [-0.2, 0) is 0 Å². The summed E-state index contributed by atoms with van der Waals surface area (Å²) in [6.45, 7) is 4.45. The first kappa shape index (κ1) is 16.1. The highest BCUT2D eigenvalue weighted by Crippen LogP contribution is 2.52. The fraction of sp³-hybridized carbons (Fsp3) is 0.333. The van der Waals surface area contributed by atoms with Gasteiger partial charge in [0.15, 0.2) is 0 Å². The summed E-state index contributed by atoms with van der Waals surface area (Å²) < 4.78 is 0. The smallest absolute Gasteiger partial charge is 0.0826 e. The third-order valence-electron chi connectivity index (χ3n) is 5.39. The van der Waals surface area contributed by atoms with Crippen LogP contribution in [0.1, 0.15) is 54.8 Å². The predicted octanol–water partition coefficient (Wildman–Crippen LogP) is 6.94. The lowest BCUT2D eigenvalue weighted by atomic mass is 9.77. The van der Waals surface area contributed by atoms with Crippen LogP contribution in [0.5, 0.6) is 0 Å². The van der Waals surface area contributed by atoms with Gasteiger partial charge in [-0.05, 0) is 41.0 Å². The van der Waals surface area contributed by atoms with E-state index in [1.807, 2.05) is 6.07 Å². The molecule has 2 aliphatic rings. The van der Waals surface area contributed by atoms with Crippen molar-refractivity contribution in [2.24, 2.45) is 5.92 Å². The summed E-state index contributed by atoms with van der Waals surface area (Å²) in [5.41, 5.74) is 4.95. The van der Waals surface area contributed by atoms with Crippen LogP contribution in [0.2, 0.25) is 10.0 Å². The first-order chi connectivity index (χ1) is 11.6. The van der Waals surface area contributed by atoms with Crippen molar-refractivity contribution < 1.29 is 0 Å². The van der Waals surface area contributed by atoms with E-state index in [9.17, 15) is 0 Å². The van der Waals surface area contributed by atoms with E-state index < -0.39 is 0 Å². The van der Waals surface area contributed by atoms with Gasteiger partial charge in [-0.25, -0.2) is 0 Å². The molecule has 0 radical (unpaired) electrons. The Morgan fingerprint density at radius 3 is 2.50 bits per heavy atom. The zero-order valence-electron chi connectivity index (χ0n) is 13.9. The van der Waals surface area contributed by atoms with E-state index in [4.69, 9.17) is 23.2 Å². The molecule has 0 amide bonds. The van der Waals surface area contributed by atoms with E-state index in [1.165, 1.54) is 16.7 Å². The van der Waals surface area contributed by atoms with Crippen LogP contribution in [0, 0.1) is 5.92 Å². The molecular weight excluding hydrogens is 337 g/mol. The van der Waals surface area contributed by atoms with Gasteiger partial charge >= 0.3 is 0 Å². The molecule has 124 valence electrons. The minimum absolute atomic E-state index is 0.259. The summed E-state index contributed by atoms with van der Waals surface area (Å²) in [5, 5.41) is 4.93. The molecule has 0 saturated carbocycles. The van der Waals surface area contributed by atoms with Crippen molar-refractivity contribution in [3.63, 3.8) is 0 Å². The molecule has 0 bridgehead atoms. The van der Waals surface area contributed by atoms with Crippen molar-refractivity contribution in [3.8, 4) is 0 Å². The number of nitrogens with one attached hydrogen (secondary N) is 1. The maximum atomic E-state index is 6.50. The van der Waals surface area contributed by atoms with Crippen molar-refractivity contribution >= 4 is 28.9 Å². The van der Waals surface area contributed by atoms with E-state index in [1.54, 1.807) is 0 Å². The Labute approximate surface area is 153 Å². The van der Waals surface area contributed by atoms with Crippen LogP contribution >= 0.6 is 23.2 Å². The molecule has 0 fully saturated rings. The molecule has 3 heteroatoms. The Morgan fingerprint density at radius 1 is 1.04 bits per heavy atom. The van der Waals surface area contributed by atoms with Crippen molar-refractivity contribution in [2.75, 3.05) is 5.32 Å². The largest absolute Gasteiger partial charge is 0.376 e. The van der Waals surface area contributed by atoms with Gasteiger partial charge in [0.25, 0.3) is 0 Å². The highest BCUT2D eigenvalue weighted by molar-refractivity contribution is 6.43. The molecule has 3 atom stereocenters. The van der Waals surface area contributed by atoms with Crippen molar-refractivity contribution in [3.05, 3.63) is 75.3 Å². The van der Waals surface area contributed by atoms with Gasteiger partial charge in [0, 0.05) is 5.92 Å². The lowest BCUT2D eigenvalue weighted by molar-refractivity contribution is 0.425. The predicted molar refractivity (Wildman–Crippen MR) is 103 cm³/mol. The molecule has 0 spiro atoms. The van der Waals surface area contributed by atoms with Gasteiger partial charge in [0.05, 0.1) is 21.8 Å². The van der Waals surface area contributed by atoms with Crippen LogP contribution in [0.25, 0.3) is 0 Å². The number of anilines is 1. The summed E-state index contributed by atoms with van der Waals surface area (Å²) in [4.78, 5) is 0. The Kier molecular flexibility index (Phi) is 4.10. The topological polar surface area (TPSA) is 12.0 Å². The fourth-order valence-electron chi connectivity index (χ4n) is 4.02. The summed E-state index contributed by atoms with van der Waals surface area (Å²) in [7, 11) is 0. The third kappa shape index (κ3) is 2.55. The average molecular weight is 358 g/mol. The van der Waals surface area contributed by atoms with Gasteiger partial charge in [-0.15, -0.1) is 0 Å². The van der Waals surface area contributed by atoms with Crippen LogP contribution in [0.3, 0.4) is 0 Å². The number of hydrogen-bond acceptors (Lipinski definition) is 1. The number of allylic oxidation sites excluding steroid dienone is 2. The van der Waals surface area contributed by atoms with Crippen molar-refractivity contribution in [1.82, 2.24) is 0 Å². The number of rotatable bonds is 2. The highest BCUT2D eigenvalue weighted by atomic mass is 35.5. The number of halogens is 2. The summed E-state index contributed by atoms with van der Waals surface area (Å²) in [5.74, 6) is 1.48. The van der Waals surface area contributed by atoms with E-state index in [-0.39, 0.29) is 6.04 Å². The van der Waals surface area contributed by atoms with E-state index in [0.717, 1.165) is 12.1 Å². The van der Waals surface area contributed by atoms with Crippen LogP contribution in [0.15, 0.2) is 48.6 Å². The number of benzene rings is 2. The van der Waals surface area contributed by atoms with E-state index in [0.29, 0.717) is 27.8 Å². The molecule has 4 rings (SSSR count). The molecule has 0 aromatic heterocycles. The maximum absolute atomic E-state index is 6.50. The first-order valence-corrected chi connectivity index (χ1v) is 9.33. The fourth-order valence-corrected chi connectivity index (χ4v) is 4.40. The minimum atomic E-state index is 0.259. The Morgan fingerprint density at radius 2 is 1.79 bits per heavy atom. The molecule has 1 N–H and O–H groups in total. The number of hydrogen-bond donors (Lipinski definition) is 1. The van der Waals surface area contributed by atoms with Gasteiger partial charge in [0.1, 0.15) is 0 Å². The molecule has 1 nitrogen and oxygen atoms in total. The summed E-state index contributed by atoms with van der Waals surface area (Å²) in [6, 6.07) is 13.3. The average Bonchev–Trinajstić information content (AvgIpc) is 3.07. The second kappa shape index (κ2) is 6.13. The van der Waals surface area contributed by atoms with Gasteiger partial charge in [-0.3, -0.25) is 0 Å². The standard InChI is InChI=1S/C21H21Cl2N/c1-12(2)13-6-8-14(9-7-13)20-16-5-3-4-15(16)17-10-11-18(22)19(23)21(17)24-20/h3-4,6-12,15-16,20,24H,5H2,1-2H3/t15-,16+,20+/m1/s1. The number of fused-ring (bicyclic) bond motifs is 3. The highest BCUT2D eigenvalue weighted by Gasteiger charge is 2.38. The van der Waals surface area contributed by atoms with Crippen molar-refractivity contribution in [2.45, 2.75) is 38.1 Å². The van der Waals surface area contributed by atoms with Gasteiger partial charge < -0.3 is 5.32 Å². The van der Waals surface area contributed by atoms with Crippen LogP contribution < -0.4 is 5.32 Å². The Hall–Kier alpha value is -1.44. The van der Waals surface area contributed by atoms with E-state index in [2.05, 4.69) is 61.6 Å². The molecule has 0 unspecified atom stereocenters. The zero-order valence-corrected chi connectivity index (χ0v) is 15.4. The van der Waals surface area contributed by atoms with Crippen LogP contribution in [-0.4, -0.2) is 0 Å². The van der Waals surface area contributed by atoms with Gasteiger partial charge in [-0.2, -0.15) is 0 Å². The molecule has 0 saturated heterocycles. The normalized spacial score (nSPS) is 24.6. The maximum Gasteiger partial charge on any atom is 0.0826 e. The quantitative estimate of drug-likeness (QED) is 0.573. The molecule has 2 aromatic rings. The SMILES string of the molecule is CC(C)c1ccc([C@@H]2Nc3c(ccc(Cl)c3Cl)[C@@H]3C=CC[C@@H]32)cc1. The third-order valence-corrected chi connectivity index (χ3v) is 6.19. The molecule has 1 aliphatic heterocycles. The zero-order chi connectivity index (χ0) is 16.8. The van der Waals surface area contributed by atoms with E-state index >= 15 is 0 Å². The first-order valence-electron chi connectivity index (χ1n) is 8.57. The molecule has 24 heavy (non-hydrogen) atoms. The van der Waals surface area contributed by atoms with Crippen LogP contribution in [0.4, 0.5) is 5.69 Å². The minimum Gasteiger partial charge on any atom is -0.376 e. The second-order valence-corrected chi connectivity index (χ2v) is 7.91. The molecular formula is C21H21Cl2N. The van der Waals surface area contributed by atoms with Gasteiger partial charge in [-0.1, -0.05) is 79.5 Å². The lowest BCUT2D eigenvalue weighted by Gasteiger charge is -2.38. The molecule has 2 aromatic carbocycles.